The highest BCUT2D eigenvalue weighted by Gasteiger charge is 2.43. The second-order valence-corrected chi connectivity index (χ2v) is 29.4. The molecule has 10 N–H and O–H groups in total. The molecule has 0 bridgehead atoms. The largest absolute Gasteiger partial charge is 0.478 e. The van der Waals surface area contributed by atoms with Gasteiger partial charge < -0.3 is 47.2 Å². The Labute approximate surface area is 676 Å². The third-order valence-electron chi connectivity index (χ3n) is 21.4. The van der Waals surface area contributed by atoms with Crippen LogP contribution in [0.15, 0.2) is 109 Å². The van der Waals surface area contributed by atoms with Crippen LogP contribution in [0.5, 0.6) is 0 Å². The first-order valence-corrected chi connectivity index (χ1v) is 38.7. The monoisotopic (exact) mass is 1640 g/mol. The van der Waals surface area contributed by atoms with Crippen LogP contribution < -0.4 is 43.0 Å². The summed E-state index contributed by atoms with van der Waals surface area (Å²) in [6, 6.07) is 20.6. The van der Waals surface area contributed by atoms with E-state index in [-0.39, 0.29) is 135 Å². The van der Waals surface area contributed by atoms with Crippen LogP contribution in [0.3, 0.4) is 0 Å². The minimum atomic E-state index is -4.80. The predicted octanol–water partition coefficient (Wildman–Crippen LogP) is 14.5. The highest BCUT2D eigenvalue weighted by Crippen LogP contribution is 2.45. The zero-order chi connectivity index (χ0) is 84.9. The van der Waals surface area contributed by atoms with Gasteiger partial charge in [0.2, 0.25) is 23.6 Å². The number of piperidine rings is 2. The number of fused-ring (bicyclic) bond motifs is 4. The summed E-state index contributed by atoms with van der Waals surface area (Å²) in [6.07, 6.45) is 8.94. The molecule has 23 nitrogen and oxygen atoms in total. The van der Waals surface area contributed by atoms with E-state index in [4.69, 9.17) is 12.2 Å². The summed E-state index contributed by atoms with van der Waals surface area (Å²) in [5, 5.41) is 28.3. The van der Waals surface area contributed by atoms with Gasteiger partial charge in [-0.3, -0.25) is 68.1 Å². The molecule has 2 aromatic heterocycles. The van der Waals surface area contributed by atoms with Crippen molar-refractivity contribution >= 4 is 92.3 Å². The lowest BCUT2D eigenvalue weighted by Gasteiger charge is -2.29. The number of hydrogen-bond donors (Lipinski definition) is 9. The first kappa shape index (κ1) is 87.0. The van der Waals surface area contributed by atoms with Gasteiger partial charge in [0.1, 0.15) is 23.7 Å². The molecule has 0 radical (unpaired) electrons. The molecule has 14 rings (SSSR count). The van der Waals surface area contributed by atoms with Crippen LogP contribution in [0.4, 0.5) is 50.9 Å². The summed E-state index contributed by atoms with van der Waals surface area (Å²) < 4.78 is 130. The fourth-order valence-electron chi connectivity index (χ4n) is 15.0. The number of aromatic nitrogens is 2. The number of carboxylic acids is 1. The molecule has 9 amide bonds. The fourth-order valence-corrected chi connectivity index (χ4v) is 15.0. The van der Waals surface area contributed by atoms with Crippen molar-refractivity contribution in [2.45, 2.75) is 185 Å². The number of imide groups is 2. The first-order chi connectivity index (χ1) is 56.5. The topological polar surface area (TPSA) is 333 Å². The molecule has 2 saturated heterocycles. The first-order valence-electron chi connectivity index (χ1n) is 39.4. The zero-order valence-corrected chi connectivity index (χ0v) is 64.2. The van der Waals surface area contributed by atoms with Crippen molar-refractivity contribution in [3.8, 4) is 22.3 Å². The minimum absolute atomic E-state index is 0. The molecular formula is C86H93F9N12O11. The maximum absolute atomic E-state index is 15.4. The second-order valence-electron chi connectivity index (χ2n) is 29.4. The van der Waals surface area contributed by atoms with E-state index in [1.165, 1.54) is 62.1 Å². The lowest BCUT2D eigenvalue weighted by atomic mass is 9.94. The van der Waals surface area contributed by atoms with Crippen LogP contribution in [-0.4, -0.2) is 143 Å². The van der Waals surface area contributed by atoms with E-state index in [9.17, 15) is 83.1 Å². The van der Waals surface area contributed by atoms with Gasteiger partial charge in [0.05, 0.1) is 64.3 Å². The van der Waals surface area contributed by atoms with Crippen molar-refractivity contribution in [1.29, 1.82) is 0 Å². The molecule has 8 aromatic rings. The van der Waals surface area contributed by atoms with E-state index >= 15 is 4.39 Å². The van der Waals surface area contributed by atoms with Crippen molar-refractivity contribution in [3.63, 3.8) is 0 Å². The van der Waals surface area contributed by atoms with E-state index in [1.807, 2.05) is 24.3 Å². The number of benzene rings is 6. The van der Waals surface area contributed by atoms with E-state index in [1.54, 1.807) is 22.9 Å². The third kappa shape index (κ3) is 20.7. The fraction of sp³-hybridized carbons (Fsp3) is 0.395. The number of carbonyl (C=O) groups excluding carboxylic acids is 9. The lowest BCUT2D eigenvalue weighted by molar-refractivity contribution is -0.138. The number of amides is 9. The van der Waals surface area contributed by atoms with E-state index < -0.39 is 89.5 Å². The van der Waals surface area contributed by atoms with Crippen LogP contribution in [-0.2, 0) is 57.5 Å². The zero-order valence-electron chi connectivity index (χ0n) is 65.2. The van der Waals surface area contributed by atoms with E-state index in [0.717, 1.165) is 143 Å². The highest BCUT2D eigenvalue weighted by molar-refractivity contribution is 6.11. The van der Waals surface area contributed by atoms with Gasteiger partial charge in [-0.15, -0.1) is 0 Å². The van der Waals surface area contributed by atoms with Gasteiger partial charge in [0.25, 0.3) is 29.5 Å². The standard InChI is InChI=1S/C42H42F4N6O5.C22H17F4N3O3.C20H27N3O3.CH3F.CH4/c1-47-37-29-19-28(32(42(44,45)46)20-34(29)49-21-30(37)39(55)50-25-12-13-25)24-11-14-27(33(43)18-24)38(54)48-17-6-4-2-3-5-8-23-9-7-10-26-31(23)22-52(41(26)57)35-15-16-36(53)51-40(35)56;1-27-19-14-7-13(10-2-5-12(21(31)32)17(23)6-10)16(22(24,25)26)8-18(14)28-9-15(19)20(30)29-11-3-4-11;21-12-5-3-1-2-4-7-14-8-6-9-15-16(14)13-23(20(15)26)17-10-11-18(24)22-19(17)25;1-2;/h7,9-11,14,18-21,25,35H,2-6,8,12-13,15-17,22H2,1H3,(H,47,49)(H,48,54)(H,50,55)(H,51,53,56);2,5-9,11H,3-4H2,1H3,(H,27,28)(H,29,30)(H,31,32);6,8-9,17H,1-5,7,10-13,21H2,(H,22,24,25);1H3;1H4/i;;;1D;. The molecule has 0 spiro atoms. The summed E-state index contributed by atoms with van der Waals surface area (Å²) in [5.74, 6) is -6.83. The van der Waals surface area contributed by atoms with Crippen LogP contribution in [0.1, 0.15) is 220 Å². The molecule has 4 aliphatic heterocycles. The van der Waals surface area contributed by atoms with Crippen molar-refractivity contribution in [1.82, 2.24) is 46.4 Å². The molecular weight excluding hydrogens is 1550 g/mol. The summed E-state index contributed by atoms with van der Waals surface area (Å²) in [5.41, 5.74) is 7.97. The lowest BCUT2D eigenvalue weighted by Crippen LogP contribution is -2.52. The third-order valence-corrected chi connectivity index (χ3v) is 21.4. The van der Waals surface area contributed by atoms with E-state index in [0.29, 0.717) is 49.2 Å². The van der Waals surface area contributed by atoms with Crippen LogP contribution in [0.2, 0.25) is 0 Å². The van der Waals surface area contributed by atoms with Crippen LogP contribution in [0.25, 0.3) is 44.1 Å². The molecule has 2 saturated carbocycles. The Kier molecular flexibility index (Phi) is 28.7. The number of hydrogen-bond acceptors (Lipinski definition) is 15. The van der Waals surface area contributed by atoms with Crippen molar-refractivity contribution in [2.24, 2.45) is 5.73 Å². The molecule has 32 heteroatoms. The van der Waals surface area contributed by atoms with Gasteiger partial charge in [0.15, 0.2) is 0 Å². The Balaban J connectivity index is 0.000000202. The van der Waals surface area contributed by atoms with Crippen LogP contribution in [0, 0.1) is 11.6 Å². The number of carboxylic acid groups (broad SMARTS) is 1. The Morgan fingerprint density at radius 3 is 1.32 bits per heavy atom. The van der Waals surface area contributed by atoms with Gasteiger partial charge in [0, 0.05) is 92.9 Å². The normalized spacial score (nSPS) is 16.3. The highest BCUT2D eigenvalue weighted by atomic mass is 19.4. The SMILES string of the molecule is C.CNc1c(C(=O)NC2CC2)cnc2cc(C(F)(F)F)c(-c3ccc(C(=O)NCCCCCCCc4cccc5c4CN(C4CCC(=O)NC4=O)C5=O)c(F)c3)cc12.CNc1c(C(=O)NC2CC2)cnc2cc(C(F)(F)F)c(-c3ccc(C(=O)O)c(F)c3)cc12.NCCCCCCCc1cccc2c1CN(C1CCC(=O)NC1=O)C2=O.[2H]CF. The molecule has 6 aliphatic rings. The number of aryl methyl sites for hydroxylation is 2. The number of nitrogens with two attached hydrogens (primary N) is 1. The van der Waals surface area contributed by atoms with Crippen LogP contribution >= 0.6 is 0 Å². The summed E-state index contributed by atoms with van der Waals surface area (Å²) in [7, 11) is 2.08. The van der Waals surface area contributed by atoms with Gasteiger partial charge in [-0.1, -0.05) is 82.3 Å². The predicted molar refractivity (Wildman–Crippen MR) is 425 cm³/mol. The van der Waals surface area contributed by atoms with Crippen molar-refractivity contribution in [3.05, 3.63) is 188 Å². The average Bonchev–Trinajstić information content (AvgIpc) is 1.71. The summed E-state index contributed by atoms with van der Waals surface area (Å²) in [6.45, 7) is 1.83. The maximum Gasteiger partial charge on any atom is 0.417 e. The quantitative estimate of drug-likeness (QED) is 0.0131. The number of alkyl halides is 7. The smallest absolute Gasteiger partial charge is 0.417 e. The molecule has 4 fully saturated rings. The van der Waals surface area contributed by atoms with Gasteiger partial charge in [-0.25, -0.2) is 13.6 Å². The molecule has 2 atom stereocenters. The maximum atomic E-state index is 15.4. The van der Waals surface area contributed by atoms with Gasteiger partial charge >= 0.3 is 18.3 Å². The Hall–Kier alpha value is -11.8. The number of anilines is 2. The molecule has 6 aromatic carbocycles. The number of nitrogens with one attached hydrogen (secondary N) is 7. The number of unbranched alkanes of at least 4 members (excludes halogenated alkanes) is 8. The Bertz CT molecular complexity index is 5200. The number of rotatable bonds is 27. The molecule has 626 valence electrons. The van der Waals surface area contributed by atoms with Crippen molar-refractivity contribution < 1.29 is 93.9 Å². The van der Waals surface area contributed by atoms with E-state index in [2.05, 4.69) is 53.3 Å². The second kappa shape index (κ2) is 39.0. The molecule has 118 heavy (non-hydrogen) atoms. The number of pyridine rings is 2. The number of halogens is 9. The number of nitrogens with zero attached hydrogens (tertiary/aromatic N) is 4. The summed E-state index contributed by atoms with van der Waals surface area (Å²) in [4.78, 5) is 134. The molecule has 2 unspecified atom stereocenters. The van der Waals surface area contributed by atoms with Crippen molar-refractivity contribution in [2.75, 3.05) is 45.0 Å². The Morgan fingerprint density at radius 2 is 0.941 bits per heavy atom. The number of carbonyl (C=O) groups is 10. The minimum Gasteiger partial charge on any atom is -0.478 e. The number of aromatic carboxylic acids is 1. The van der Waals surface area contributed by atoms with Gasteiger partial charge in [-0.05, 0) is 189 Å². The Morgan fingerprint density at radius 1 is 0.534 bits per heavy atom. The molecule has 2 aliphatic carbocycles. The van der Waals surface area contributed by atoms with Gasteiger partial charge in [-0.2, -0.15) is 26.3 Å². The molecule has 6 heterocycles. The summed E-state index contributed by atoms with van der Waals surface area (Å²) >= 11 is 0. The average molecular weight is 1640 g/mol.